The third-order valence-electron chi connectivity index (χ3n) is 3.93. The lowest BCUT2D eigenvalue weighted by Gasteiger charge is -2.32. The molecule has 16 heavy (non-hydrogen) atoms. The zero-order chi connectivity index (χ0) is 12.0. The first kappa shape index (κ1) is 11.3. The number of phenolic OH excluding ortho intramolecular Hbond substituents is 1. The van der Waals surface area contributed by atoms with Crippen LogP contribution >= 0.6 is 0 Å². The molecule has 88 valence electrons. The van der Waals surface area contributed by atoms with Gasteiger partial charge in [0.25, 0.3) is 0 Å². The average Bonchev–Trinajstić information content (AvgIpc) is 2.98. The standard InChI is InChI=1S/C13H19NO2/c1-12(2,13(14)6-7-13)9-4-5-10(15)11(8-9)16-3/h4-5,8,15H,6-7,14H2,1-3H3. The van der Waals surface area contributed by atoms with Crippen LogP contribution in [-0.4, -0.2) is 17.8 Å². The van der Waals surface area contributed by atoms with Gasteiger partial charge in [-0.25, -0.2) is 0 Å². The zero-order valence-electron chi connectivity index (χ0n) is 10.1. The molecule has 0 heterocycles. The van der Waals surface area contributed by atoms with Gasteiger partial charge in [-0.15, -0.1) is 0 Å². The van der Waals surface area contributed by atoms with E-state index >= 15 is 0 Å². The van der Waals surface area contributed by atoms with E-state index in [2.05, 4.69) is 13.8 Å². The van der Waals surface area contributed by atoms with Gasteiger partial charge < -0.3 is 15.6 Å². The first-order chi connectivity index (χ1) is 7.40. The van der Waals surface area contributed by atoms with Gasteiger partial charge in [0.05, 0.1) is 7.11 Å². The first-order valence-corrected chi connectivity index (χ1v) is 5.57. The van der Waals surface area contributed by atoms with E-state index in [-0.39, 0.29) is 16.7 Å². The van der Waals surface area contributed by atoms with Crippen molar-refractivity contribution >= 4 is 0 Å². The number of benzene rings is 1. The molecule has 0 unspecified atom stereocenters. The summed E-state index contributed by atoms with van der Waals surface area (Å²) in [4.78, 5) is 0. The summed E-state index contributed by atoms with van der Waals surface area (Å²) < 4.78 is 5.12. The van der Waals surface area contributed by atoms with Crippen LogP contribution in [0.2, 0.25) is 0 Å². The lowest BCUT2D eigenvalue weighted by Crippen LogP contribution is -2.43. The second-order valence-corrected chi connectivity index (χ2v) is 5.17. The number of phenols is 1. The highest BCUT2D eigenvalue weighted by molar-refractivity contribution is 5.45. The van der Waals surface area contributed by atoms with Crippen molar-refractivity contribution in [1.82, 2.24) is 0 Å². The van der Waals surface area contributed by atoms with Gasteiger partial charge in [-0.3, -0.25) is 0 Å². The van der Waals surface area contributed by atoms with Crippen molar-refractivity contribution in [2.45, 2.75) is 37.6 Å². The maximum atomic E-state index is 9.56. The summed E-state index contributed by atoms with van der Waals surface area (Å²) >= 11 is 0. The molecule has 1 aliphatic carbocycles. The second kappa shape index (κ2) is 3.39. The van der Waals surface area contributed by atoms with E-state index in [1.807, 2.05) is 12.1 Å². The summed E-state index contributed by atoms with van der Waals surface area (Å²) in [6, 6.07) is 5.47. The lowest BCUT2D eigenvalue weighted by molar-refractivity contribution is 0.363. The van der Waals surface area contributed by atoms with E-state index in [1.54, 1.807) is 13.2 Å². The van der Waals surface area contributed by atoms with Crippen LogP contribution < -0.4 is 10.5 Å². The number of rotatable bonds is 3. The molecule has 0 saturated heterocycles. The van der Waals surface area contributed by atoms with Crippen LogP contribution in [0.25, 0.3) is 0 Å². The fraction of sp³-hybridized carbons (Fsp3) is 0.538. The molecule has 1 aliphatic rings. The monoisotopic (exact) mass is 221 g/mol. The highest BCUT2D eigenvalue weighted by Gasteiger charge is 2.51. The Morgan fingerprint density at radius 2 is 2.00 bits per heavy atom. The molecule has 0 bridgehead atoms. The van der Waals surface area contributed by atoms with Crippen molar-refractivity contribution < 1.29 is 9.84 Å². The third kappa shape index (κ3) is 1.55. The topological polar surface area (TPSA) is 55.5 Å². The molecule has 1 aromatic rings. The smallest absolute Gasteiger partial charge is 0.160 e. The molecule has 0 atom stereocenters. The number of hydrogen-bond acceptors (Lipinski definition) is 3. The number of ether oxygens (including phenoxy) is 1. The summed E-state index contributed by atoms with van der Waals surface area (Å²) in [6.07, 6.45) is 2.12. The predicted molar refractivity (Wildman–Crippen MR) is 63.8 cm³/mol. The summed E-state index contributed by atoms with van der Waals surface area (Å²) in [5, 5.41) is 9.56. The van der Waals surface area contributed by atoms with Crippen molar-refractivity contribution in [2.75, 3.05) is 7.11 Å². The quantitative estimate of drug-likeness (QED) is 0.822. The van der Waals surface area contributed by atoms with Crippen molar-refractivity contribution in [1.29, 1.82) is 0 Å². The van der Waals surface area contributed by atoms with Gasteiger partial charge in [-0.2, -0.15) is 0 Å². The Hall–Kier alpha value is -1.22. The fourth-order valence-corrected chi connectivity index (χ4v) is 2.11. The van der Waals surface area contributed by atoms with Crippen molar-refractivity contribution in [3.63, 3.8) is 0 Å². The molecule has 0 aromatic heterocycles. The van der Waals surface area contributed by atoms with Crippen molar-refractivity contribution in [3.05, 3.63) is 23.8 Å². The Labute approximate surface area is 96.2 Å². The van der Waals surface area contributed by atoms with Crippen LogP contribution in [0.15, 0.2) is 18.2 Å². The fourth-order valence-electron chi connectivity index (χ4n) is 2.11. The number of aromatic hydroxyl groups is 1. The van der Waals surface area contributed by atoms with E-state index in [0.29, 0.717) is 5.75 Å². The van der Waals surface area contributed by atoms with E-state index < -0.39 is 0 Å². The maximum Gasteiger partial charge on any atom is 0.160 e. The Bertz CT molecular complexity index is 408. The summed E-state index contributed by atoms with van der Waals surface area (Å²) in [5.41, 5.74) is 7.20. The van der Waals surface area contributed by atoms with Crippen LogP contribution in [0.1, 0.15) is 32.3 Å². The van der Waals surface area contributed by atoms with Gasteiger partial charge in [0.2, 0.25) is 0 Å². The highest BCUT2D eigenvalue weighted by Crippen LogP contribution is 2.50. The van der Waals surface area contributed by atoms with Gasteiger partial charge in [-0.05, 0) is 30.5 Å². The Morgan fingerprint density at radius 1 is 1.38 bits per heavy atom. The molecule has 3 N–H and O–H groups in total. The first-order valence-electron chi connectivity index (χ1n) is 5.57. The summed E-state index contributed by atoms with van der Waals surface area (Å²) in [7, 11) is 1.56. The number of hydrogen-bond donors (Lipinski definition) is 2. The molecule has 0 amide bonds. The third-order valence-corrected chi connectivity index (χ3v) is 3.93. The van der Waals surface area contributed by atoms with Gasteiger partial charge in [0.1, 0.15) is 0 Å². The molecule has 0 spiro atoms. The van der Waals surface area contributed by atoms with Gasteiger partial charge in [-0.1, -0.05) is 19.9 Å². The van der Waals surface area contributed by atoms with Crippen LogP contribution in [0.5, 0.6) is 11.5 Å². The van der Waals surface area contributed by atoms with Crippen LogP contribution in [0, 0.1) is 0 Å². The minimum Gasteiger partial charge on any atom is -0.504 e. The van der Waals surface area contributed by atoms with Crippen molar-refractivity contribution in [3.8, 4) is 11.5 Å². The molecule has 1 fully saturated rings. The SMILES string of the molecule is COc1cc(C(C)(C)C2(N)CC2)ccc1O. The minimum atomic E-state index is -0.102. The van der Waals surface area contributed by atoms with E-state index in [1.165, 1.54) is 0 Å². The maximum absolute atomic E-state index is 9.56. The van der Waals surface area contributed by atoms with Crippen molar-refractivity contribution in [2.24, 2.45) is 5.73 Å². The Kier molecular flexibility index (Phi) is 2.39. The molecule has 1 aromatic carbocycles. The molecule has 0 aliphatic heterocycles. The molecule has 1 saturated carbocycles. The predicted octanol–water partition coefficient (Wildman–Crippen LogP) is 2.17. The molecule has 3 nitrogen and oxygen atoms in total. The zero-order valence-corrected chi connectivity index (χ0v) is 10.1. The van der Waals surface area contributed by atoms with Crippen LogP contribution in [-0.2, 0) is 5.41 Å². The summed E-state index contributed by atoms with van der Waals surface area (Å²) in [5.74, 6) is 0.679. The number of methoxy groups -OCH3 is 1. The molecule has 3 heteroatoms. The normalized spacial score (nSPS) is 18.2. The van der Waals surface area contributed by atoms with Gasteiger partial charge in [0, 0.05) is 11.0 Å². The Balaban J connectivity index is 2.40. The van der Waals surface area contributed by atoms with E-state index in [9.17, 15) is 5.11 Å². The van der Waals surface area contributed by atoms with Crippen LogP contribution in [0.3, 0.4) is 0 Å². The molecule has 0 radical (unpaired) electrons. The van der Waals surface area contributed by atoms with Crippen LogP contribution in [0.4, 0.5) is 0 Å². The van der Waals surface area contributed by atoms with Gasteiger partial charge in [0.15, 0.2) is 11.5 Å². The Morgan fingerprint density at radius 3 is 2.50 bits per heavy atom. The van der Waals surface area contributed by atoms with E-state index in [0.717, 1.165) is 18.4 Å². The lowest BCUT2D eigenvalue weighted by atomic mass is 9.76. The van der Waals surface area contributed by atoms with E-state index in [4.69, 9.17) is 10.5 Å². The largest absolute Gasteiger partial charge is 0.504 e. The molecule has 2 rings (SSSR count). The average molecular weight is 221 g/mol. The minimum absolute atomic E-state index is 0.0893. The highest BCUT2D eigenvalue weighted by atomic mass is 16.5. The summed E-state index contributed by atoms with van der Waals surface area (Å²) in [6.45, 7) is 4.29. The van der Waals surface area contributed by atoms with Gasteiger partial charge >= 0.3 is 0 Å². The molecular formula is C13H19NO2. The number of nitrogens with two attached hydrogens (primary N) is 1. The second-order valence-electron chi connectivity index (χ2n) is 5.17. The molecular weight excluding hydrogens is 202 g/mol.